The molecule has 0 saturated carbocycles. The van der Waals surface area contributed by atoms with Gasteiger partial charge in [-0.2, -0.15) is 0 Å². The van der Waals surface area contributed by atoms with Gasteiger partial charge in [-0.05, 0) is 44.9 Å². The summed E-state index contributed by atoms with van der Waals surface area (Å²) in [6.07, 6.45) is 0. The maximum absolute atomic E-state index is 11.5. The quantitative estimate of drug-likeness (QED) is 0.737. The van der Waals surface area contributed by atoms with Gasteiger partial charge in [-0.25, -0.2) is 0 Å². The fraction of sp³-hybridized carbons (Fsp3) is 0.417. The molecule has 0 aliphatic carbocycles. The lowest BCUT2D eigenvalue weighted by atomic mass is 10.0. The third-order valence-corrected chi connectivity index (χ3v) is 2.88. The smallest absolute Gasteiger partial charge is 0.163 e. The van der Waals surface area contributed by atoms with E-state index in [1.165, 1.54) is 6.92 Å². The number of benzene rings is 1. The Morgan fingerprint density at radius 3 is 2.53 bits per heavy atom. The molecule has 0 heterocycles. The van der Waals surface area contributed by atoms with Crippen LogP contribution < -0.4 is 4.74 Å². The predicted molar refractivity (Wildman–Crippen MR) is 62.1 cm³/mol. The molecular weight excluding hydrogens is 212 g/mol. The van der Waals surface area contributed by atoms with Gasteiger partial charge in [0.2, 0.25) is 0 Å². The number of ketones is 1. The predicted octanol–water partition coefficient (Wildman–Crippen LogP) is 3.56. The number of ether oxygens (including phenoxy) is 1. The summed E-state index contributed by atoms with van der Waals surface area (Å²) in [5.74, 6) is 0.613. The lowest BCUT2D eigenvalue weighted by Crippen LogP contribution is -2.04. The Balaban J connectivity index is 3.43. The number of carbonyl (C=O) groups is 1. The maximum Gasteiger partial charge on any atom is 0.163 e. The van der Waals surface area contributed by atoms with Gasteiger partial charge in [0, 0.05) is 5.02 Å². The van der Waals surface area contributed by atoms with E-state index in [1.807, 2.05) is 26.8 Å². The van der Waals surface area contributed by atoms with E-state index in [9.17, 15) is 4.79 Å². The molecule has 15 heavy (non-hydrogen) atoms. The van der Waals surface area contributed by atoms with E-state index in [-0.39, 0.29) is 5.78 Å². The topological polar surface area (TPSA) is 26.3 Å². The molecule has 1 aromatic rings. The molecule has 82 valence electrons. The normalized spacial score (nSPS) is 10.2. The molecule has 0 radical (unpaired) electrons. The first-order chi connectivity index (χ1) is 6.99. The van der Waals surface area contributed by atoms with E-state index in [2.05, 4.69) is 0 Å². The molecule has 0 aromatic heterocycles. The highest BCUT2D eigenvalue weighted by atomic mass is 35.5. The number of hydrogen-bond acceptors (Lipinski definition) is 2. The van der Waals surface area contributed by atoms with Crippen molar-refractivity contribution < 1.29 is 9.53 Å². The summed E-state index contributed by atoms with van der Waals surface area (Å²) in [6, 6.07) is 1.82. The summed E-state index contributed by atoms with van der Waals surface area (Å²) in [6.45, 7) is 7.71. The van der Waals surface area contributed by atoms with Crippen LogP contribution >= 0.6 is 11.6 Å². The number of halogens is 1. The van der Waals surface area contributed by atoms with Gasteiger partial charge in [0.15, 0.2) is 5.78 Å². The molecule has 0 spiro atoms. The first kappa shape index (κ1) is 12.1. The first-order valence-electron chi connectivity index (χ1n) is 4.92. The van der Waals surface area contributed by atoms with Crippen LogP contribution in [0, 0.1) is 13.8 Å². The molecule has 3 heteroatoms. The molecule has 0 N–H and O–H groups in total. The van der Waals surface area contributed by atoms with Crippen LogP contribution in [0.2, 0.25) is 5.02 Å². The molecule has 0 atom stereocenters. The maximum atomic E-state index is 11.5. The molecule has 2 nitrogen and oxygen atoms in total. The van der Waals surface area contributed by atoms with E-state index >= 15 is 0 Å². The third-order valence-electron chi connectivity index (χ3n) is 2.30. The van der Waals surface area contributed by atoms with E-state index in [0.29, 0.717) is 22.9 Å². The zero-order valence-electron chi connectivity index (χ0n) is 9.48. The lowest BCUT2D eigenvalue weighted by molar-refractivity contribution is 0.101. The summed E-state index contributed by atoms with van der Waals surface area (Å²) < 4.78 is 5.44. The molecule has 0 saturated heterocycles. The van der Waals surface area contributed by atoms with Crippen molar-refractivity contribution in [3.63, 3.8) is 0 Å². The highest BCUT2D eigenvalue weighted by Gasteiger charge is 2.16. The summed E-state index contributed by atoms with van der Waals surface area (Å²) in [5.41, 5.74) is 2.32. The van der Waals surface area contributed by atoms with Gasteiger partial charge >= 0.3 is 0 Å². The minimum Gasteiger partial charge on any atom is -0.493 e. The Hall–Kier alpha value is -1.02. The average Bonchev–Trinajstić information content (AvgIpc) is 2.14. The number of aryl methyl sites for hydroxylation is 1. The summed E-state index contributed by atoms with van der Waals surface area (Å²) >= 11 is 6.09. The van der Waals surface area contributed by atoms with Crippen molar-refractivity contribution in [1.82, 2.24) is 0 Å². The molecule has 0 bridgehead atoms. The minimum absolute atomic E-state index is 0.0159. The summed E-state index contributed by atoms with van der Waals surface area (Å²) in [5, 5.41) is 0.642. The second-order valence-electron chi connectivity index (χ2n) is 3.49. The molecule has 0 amide bonds. The van der Waals surface area contributed by atoms with Gasteiger partial charge in [-0.1, -0.05) is 11.6 Å². The van der Waals surface area contributed by atoms with Gasteiger partial charge in [-0.3, -0.25) is 4.79 Å². The second kappa shape index (κ2) is 4.67. The van der Waals surface area contributed by atoms with Crippen molar-refractivity contribution in [2.24, 2.45) is 0 Å². The van der Waals surface area contributed by atoms with Crippen molar-refractivity contribution in [3.8, 4) is 5.75 Å². The van der Waals surface area contributed by atoms with Gasteiger partial charge in [0.1, 0.15) is 5.75 Å². The van der Waals surface area contributed by atoms with E-state index in [4.69, 9.17) is 16.3 Å². The van der Waals surface area contributed by atoms with Gasteiger partial charge in [-0.15, -0.1) is 0 Å². The van der Waals surface area contributed by atoms with Crippen LogP contribution in [0.3, 0.4) is 0 Å². The standard InChI is InChI=1S/C12H15ClO2/c1-5-15-10-6-7(2)12(13)8(3)11(10)9(4)14/h6H,5H2,1-4H3. The van der Waals surface area contributed by atoms with Crippen LogP contribution in [0.4, 0.5) is 0 Å². The minimum atomic E-state index is -0.0159. The van der Waals surface area contributed by atoms with Crippen LogP contribution in [-0.4, -0.2) is 12.4 Å². The lowest BCUT2D eigenvalue weighted by Gasteiger charge is -2.13. The summed E-state index contributed by atoms with van der Waals surface area (Å²) in [7, 11) is 0. The van der Waals surface area contributed by atoms with Crippen molar-refractivity contribution in [1.29, 1.82) is 0 Å². The van der Waals surface area contributed by atoms with Crippen LogP contribution in [0.25, 0.3) is 0 Å². The van der Waals surface area contributed by atoms with Gasteiger partial charge in [0.25, 0.3) is 0 Å². The number of hydrogen-bond donors (Lipinski definition) is 0. The zero-order chi connectivity index (χ0) is 11.6. The molecule has 1 rings (SSSR count). The molecule has 0 aliphatic rings. The SMILES string of the molecule is CCOc1cc(C)c(Cl)c(C)c1C(C)=O. The average molecular weight is 227 g/mol. The van der Waals surface area contributed by atoms with Crippen molar-refractivity contribution in [2.45, 2.75) is 27.7 Å². The van der Waals surface area contributed by atoms with E-state index in [0.717, 1.165) is 11.1 Å². The Kier molecular flexibility index (Phi) is 3.75. The fourth-order valence-corrected chi connectivity index (χ4v) is 1.78. The van der Waals surface area contributed by atoms with Crippen LogP contribution in [-0.2, 0) is 0 Å². The van der Waals surface area contributed by atoms with Crippen LogP contribution in [0.1, 0.15) is 35.3 Å². The van der Waals surface area contributed by atoms with Crippen molar-refractivity contribution >= 4 is 17.4 Å². The van der Waals surface area contributed by atoms with Crippen molar-refractivity contribution in [2.75, 3.05) is 6.61 Å². The van der Waals surface area contributed by atoms with E-state index in [1.54, 1.807) is 0 Å². The third kappa shape index (κ3) is 2.32. The Morgan fingerprint density at radius 2 is 2.07 bits per heavy atom. The number of rotatable bonds is 3. The van der Waals surface area contributed by atoms with Crippen LogP contribution in [0.15, 0.2) is 6.07 Å². The largest absolute Gasteiger partial charge is 0.493 e. The van der Waals surface area contributed by atoms with Gasteiger partial charge < -0.3 is 4.74 Å². The molecular formula is C12H15ClO2. The number of Topliss-reactive ketones (excluding diaryl/α,β-unsaturated/α-hetero) is 1. The van der Waals surface area contributed by atoms with Crippen molar-refractivity contribution in [3.05, 3.63) is 27.8 Å². The molecule has 0 aliphatic heterocycles. The molecule has 0 unspecified atom stereocenters. The molecule has 1 aromatic carbocycles. The van der Waals surface area contributed by atoms with E-state index < -0.39 is 0 Å². The Bertz CT molecular complexity index is 397. The summed E-state index contributed by atoms with van der Waals surface area (Å²) in [4.78, 5) is 11.5. The fourth-order valence-electron chi connectivity index (χ4n) is 1.63. The first-order valence-corrected chi connectivity index (χ1v) is 5.30. The molecule has 0 fully saturated rings. The zero-order valence-corrected chi connectivity index (χ0v) is 10.2. The van der Waals surface area contributed by atoms with Crippen LogP contribution in [0.5, 0.6) is 5.75 Å². The monoisotopic (exact) mass is 226 g/mol. The Morgan fingerprint density at radius 1 is 1.47 bits per heavy atom. The Labute approximate surface area is 95.2 Å². The van der Waals surface area contributed by atoms with Gasteiger partial charge in [0.05, 0.1) is 12.2 Å². The highest BCUT2D eigenvalue weighted by molar-refractivity contribution is 6.32. The number of carbonyl (C=O) groups excluding carboxylic acids is 1. The second-order valence-corrected chi connectivity index (χ2v) is 3.87. The highest BCUT2D eigenvalue weighted by Crippen LogP contribution is 2.31.